The minimum atomic E-state index is 0.486. The monoisotopic (exact) mass is 276 g/mol. The summed E-state index contributed by atoms with van der Waals surface area (Å²) in [5.41, 5.74) is 2.84. The van der Waals surface area contributed by atoms with Crippen molar-refractivity contribution in [3.05, 3.63) is 35.4 Å². The molecule has 0 spiro atoms. The van der Waals surface area contributed by atoms with Crippen molar-refractivity contribution in [3.63, 3.8) is 0 Å². The third kappa shape index (κ3) is 4.89. The smallest absolute Gasteiger partial charge is 0.0599 e. The molecule has 1 aromatic rings. The molecule has 1 N–H and O–H groups in total. The van der Waals surface area contributed by atoms with Crippen molar-refractivity contribution in [2.45, 2.75) is 38.8 Å². The van der Waals surface area contributed by atoms with Crippen LogP contribution in [0.25, 0.3) is 0 Å². The predicted molar refractivity (Wildman–Crippen MR) is 84.0 cm³/mol. The van der Waals surface area contributed by atoms with Gasteiger partial charge in [0.2, 0.25) is 0 Å². The maximum atomic E-state index is 5.70. The van der Waals surface area contributed by atoms with Crippen molar-refractivity contribution in [1.82, 2.24) is 10.2 Å². The van der Waals surface area contributed by atoms with Crippen LogP contribution in [0.4, 0.5) is 0 Å². The zero-order chi connectivity index (χ0) is 14.2. The van der Waals surface area contributed by atoms with Crippen LogP contribution in [0.3, 0.4) is 0 Å². The summed E-state index contributed by atoms with van der Waals surface area (Å²) in [4.78, 5) is 2.54. The van der Waals surface area contributed by atoms with Gasteiger partial charge >= 0.3 is 0 Å². The highest BCUT2D eigenvalue weighted by molar-refractivity contribution is 5.22. The highest BCUT2D eigenvalue weighted by atomic mass is 16.5. The Bertz CT molecular complexity index is 369. The Morgan fingerprint density at radius 1 is 1.15 bits per heavy atom. The summed E-state index contributed by atoms with van der Waals surface area (Å²) in [6, 6.07) is 9.08. The number of rotatable bonds is 7. The van der Waals surface area contributed by atoms with Gasteiger partial charge in [0.15, 0.2) is 0 Å². The van der Waals surface area contributed by atoms with Crippen LogP contribution in [0, 0.1) is 0 Å². The molecule has 1 saturated heterocycles. The molecular weight excluding hydrogens is 248 g/mol. The second-order valence-electron chi connectivity index (χ2n) is 5.60. The standard InChI is InChI=1S/C17H28N2O/c1-3-20-17-9-12-19(13-10-17)14-16-6-4-15(5-7-16)8-11-18-2/h4-7,17-18H,3,8-14H2,1-2H3. The molecule has 1 aliphatic rings. The number of likely N-dealkylation sites (tertiary alicyclic amines) is 1. The molecular formula is C17H28N2O. The molecule has 20 heavy (non-hydrogen) atoms. The molecule has 0 unspecified atom stereocenters. The van der Waals surface area contributed by atoms with E-state index in [0.717, 1.165) is 39.2 Å². The molecule has 0 atom stereocenters. The van der Waals surface area contributed by atoms with Crippen LogP contribution in [0.2, 0.25) is 0 Å². The van der Waals surface area contributed by atoms with Crippen molar-refractivity contribution in [1.29, 1.82) is 0 Å². The van der Waals surface area contributed by atoms with Gasteiger partial charge in [0.05, 0.1) is 6.10 Å². The van der Waals surface area contributed by atoms with E-state index >= 15 is 0 Å². The summed E-state index contributed by atoms with van der Waals surface area (Å²) in [6.45, 7) is 7.37. The van der Waals surface area contributed by atoms with E-state index in [1.807, 2.05) is 7.05 Å². The number of hydrogen-bond donors (Lipinski definition) is 1. The lowest BCUT2D eigenvalue weighted by molar-refractivity contribution is 0.0125. The third-order valence-electron chi connectivity index (χ3n) is 4.03. The van der Waals surface area contributed by atoms with Gasteiger partial charge in [-0.05, 0) is 50.9 Å². The zero-order valence-electron chi connectivity index (χ0n) is 12.9. The van der Waals surface area contributed by atoms with Crippen LogP contribution in [-0.2, 0) is 17.7 Å². The highest BCUT2D eigenvalue weighted by Crippen LogP contribution is 2.16. The Balaban J connectivity index is 1.76. The van der Waals surface area contributed by atoms with Gasteiger partial charge in [-0.3, -0.25) is 4.90 Å². The van der Waals surface area contributed by atoms with E-state index in [9.17, 15) is 0 Å². The van der Waals surface area contributed by atoms with E-state index in [4.69, 9.17) is 4.74 Å². The zero-order valence-corrected chi connectivity index (χ0v) is 12.9. The van der Waals surface area contributed by atoms with Gasteiger partial charge < -0.3 is 10.1 Å². The van der Waals surface area contributed by atoms with Crippen molar-refractivity contribution >= 4 is 0 Å². The van der Waals surface area contributed by atoms with E-state index in [1.54, 1.807) is 0 Å². The molecule has 3 heteroatoms. The molecule has 0 radical (unpaired) electrons. The molecule has 1 fully saturated rings. The maximum absolute atomic E-state index is 5.70. The Morgan fingerprint density at radius 3 is 2.40 bits per heavy atom. The molecule has 0 amide bonds. The second kappa shape index (κ2) is 8.40. The summed E-state index contributed by atoms with van der Waals surface area (Å²) in [5, 5.41) is 3.19. The first-order valence-electron chi connectivity index (χ1n) is 7.88. The van der Waals surface area contributed by atoms with Gasteiger partial charge in [-0.15, -0.1) is 0 Å². The molecule has 0 bridgehead atoms. The number of ether oxygens (including phenoxy) is 1. The van der Waals surface area contributed by atoms with E-state index in [0.29, 0.717) is 6.10 Å². The SMILES string of the molecule is CCOC1CCN(Cc2ccc(CCNC)cc2)CC1. The van der Waals surface area contributed by atoms with Crippen molar-refractivity contribution in [2.75, 3.05) is 33.3 Å². The summed E-state index contributed by atoms with van der Waals surface area (Å²) >= 11 is 0. The first kappa shape index (κ1) is 15.5. The fourth-order valence-electron chi connectivity index (χ4n) is 2.81. The lowest BCUT2D eigenvalue weighted by Gasteiger charge is -2.31. The summed E-state index contributed by atoms with van der Waals surface area (Å²) in [5.74, 6) is 0. The lowest BCUT2D eigenvalue weighted by atomic mass is 10.1. The Kier molecular flexibility index (Phi) is 6.51. The lowest BCUT2D eigenvalue weighted by Crippen LogP contribution is -2.36. The highest BCUT2D eigenvalue weighted by Gasteiger charge is 2.18. The number of piperidine rings is 1. The Labute approximate surface area is 123 Å². The van der Waals surface area contributed by atoms with Crippen molar-refractivity contribution in [3.8, 4) is 0 Å². The number of hydrogen-bond acceptors (Lipinski definition) is 3. The summed E-state index contributed by atoms with van der Waals surface area (Å²) in [6.07, 6.45) is 3.94. The van der Waals surface area contributed by atoms with Crippen LogP contribution < -0.4 is 5.32 Å². The average Bonchev–Trinajstić information content (AvgIpc) is 2.49. The fourth-order valence-corrected chi connectivity index (χ4v) is 2.81. The maximum Gasteiger partial charge on any atom is 0.0599 e. The Morgan fingerprint density at radius 2 is 1.80 bits per heavy atom. The minimum Gasteiger partial charge on any atom is -0.378 e. The van der Waals surface area contributed by atoms with E-state index < -0.39 is 0 Å². The quantitative estimate of drug-likeness (QED) is 0.828. The van der Waals surface area contributed by atoms with Gasteiger partial charge in [-0.25, -0.2) is 0 Å². The fraction of sp³-hybridized carbons (Fsp3) is 0.647. The van der Waals surface area contributed by atoms with Gasteiger partial charge in [0, 0.05) is 26.2 Å². The van der Waals surface area contributed by atoms with E-state index in [-0.39, 0.29) is 0 Å². The minimum absolute atomic E-state index is 0.486. The van der Waals surface area contributed by atoms with E-state index in [1.165, 1.54) is 24.0 Å². The van der Waals surface area contributed by atoms with Crippen LogP contribution in [0.1, 0.15) is 30.9 Å². The molecule has 1 aromatic carbocycles. The second-order valence-corrected chi connectivity index (χ2v) is 5.60. The predicted octanol–water partition coefficient (Wildman–Crippen LogP) is 2.45. The molecule has 0 saturated carbocycles. The number of likely N-dealkylation sites (N-methyl/N-ethyl adjacent to an activating group) is 1. The number of benzene rings is 1. The van der Waals surface area contributed by atoms with Crippen molar-refractivity contribution < 1.29 is 4.74 Å². The molecule has 112 valence electrons. The van der Waals surface area contributed by atoms with Gasteiger partial charge in [-0.1, -0.05) is 24.3 Å². The largest absolute Gasteiger partial charge is 0.378 e. The molecule has 0 aromatic heterocycles. The normalized spacial score (nSPS) is 17.5. The summed E-state index contributed by atoms with van der Waals surface area (Å²) < 4.78 is 5.70. The van der Waals surface area contributed by atoms with Gasteiger partial charge in [0.1, 0.15) is 0 Å². The molecule has 0 aliphatic carbocycles. The number of nitrogens with one attached hydrogen (secondary N) is 1. The van der Waals surface area contributed by atoms with Gasteiger partial charge in [0.25, 0.3) is 0 Å². The molecule has 2 rings (SSSR count). The van der Waals surface area contributed by atoms with Crippen LogP contribution in [0.15, 0.2) is 24.3 Å². The Hall–Kier alpha value is -0.900. The van der Waals surface area contributed by atoms with Crippen molar-refractivity contribution in [2.24, 2.45) is 0 Å². The number of nitrogens with zero attached hydrogens (tertiary/aromatic N) is 1. The van der Waals surface area contributed by atoms with Crippen LogP contribution >= 0.6 is 0 Å². The van der Waals surface area contributed by atoms with Crippen LogP contribution in [-0.4, -0.2) is 44.3 Å². The average molecular weight is 276 g/mol. The van der Waals surface area contributed by atoms with Crippen LogP contribution in [0.5, 0.6) is 0 Å². The first-order valence-corrected chi connectivity index (χ1v) is 7.88. The first-order chi connectivity index (χ1) is 9.81. The molecule has 1 aliphatic heterocycles. The molecule has 1 heterocycles. The molecule has 3 nitrogen and oxygen atoms in total. The topological polar surface area (TPSA) is 24.5 Å². The third-order valence-corrected chi connectivity index (χ3v) is 4.03. The van der Waals surface area contributed by atoms with E-state index in [2.05, 4.69) is 41.4 Å². The summed E-state index contributed by atoms with van der Waals surface area (Å²) in [7, 11) is 2.00. The van der Waals surface area contributed by atoms with Gasteiger partial charge in [-0.2, -0.15) is 0 Å².